The number of esters is 1. The van der Waals surface area contributed by atoms with Crippen molar-refractivity contribution < 1.29 is 19.1 Å². The first-order valence-electron chi connectivity index (χ1n) is 8.94. The number of benzene rings is 2. The molecule has 1 heterocycles. The topological polar surface area (TPSA) is 75.7 Å². The molecule has 7 heteroatoms. The fourth-order valence-electron chi connectivity index (χ4n) is 3.04. The van der Waals surface area contributed by atoms with Gasteiger partial charge in [-0.1, -0.05) is 29.8 Å². The number of rotatable bonds is 5. The Morgan fingerprint density at radius 3 is 2.64 bits per heavy atom. The zero-order valence-electron chi connectivity index (χ0n) is 15.7. The van der Waals surface area contributed by atoms with Crippen LogP contribution in [0.15, 0.2) is 42.5 Å². The molecule has 1 aliphatic rings. The second kappa shape index (κ2) is 8.44. The Kier molecular flexibility index (Phi) is 5.99. The van der Waals surface area contributed by atoms with E-state index >= 15 is 0 Å². The predicted octanol–water partition coefficient (Wildman–Crippen LogP) is 3.49. The molecule has 0 radical (unpaired) electrons. The molecular formula is C21H21ClN2O4. The molecule has 3 rings (SSSR count). The van der Waals surface area contributed by atoms with Crippen molar-refractivity contribution in [3.05, 3.63) is 58.6 Å². The van der Waals surface area contributed by atoms with E-state index in [-0.39, 0.29) is 18.9 Å². The zero-order valence-corrected chi connectivity index (χ0v) is 16.5. The molecule has 0 unspecified atom stereocenters. The summed E-state index contributed by atoms with van der Waals surface area (Å²) >= 11 is 6.13. The lowest BCUT2D eigenvalue weighted by Gasteiger charge is -2.17. The molecule has 0 aliphatic carbocycles. The molecule has 6 nitrogen and oxygen atoms in total. The first kappa shape index (κ1) is 19.9. The minimum absolute atomic E-state index is 0.0306. The van der Waals surface area contributed by atoms with Gasteiger partial charge in [0.15, 0.2) is 6.61 Å². The molecule has 0 aromatic heterocycles. The summed E-state index contributed by atoms with van der Waals surface area (Å²) in [6, 6.07) is 12.5. The number of ether oxygens (including phenoxy) is 1. The first-order chi connectivity index (χ1) is 13.3. The summed E-state index contributed by atoms with van der Waals surface area (Å²) in [4.78, 5) is 38.1. The maximum atomic E-state index is 12.3. The Labute approximate surface area is 168 Å². The number of hydrogen-bond donors (Lipinski definition) is 1. The number of carbonyl (C=O) groups excluding carboxylic acids is 3. The van der Waals surface area contributed by atoms with Gasteiger partial charge in [0, 0.05) is 18.7 Å². The minimum atomic E-state index is -0.627. The van der Waals surface area contributed by atoms with Crippen LogP contribution in [0.1, 0.15) is 17.5 Å². The van der Waals surface area contributed by atoms with Crippen LogP contribution in [0.2, 0.25) is 5.02 Å². The Morgan fingerprint density at radius 1 is 1.18 bits per heavy atom. The maximum Gasteiger partial charge on any atom is 0.311 e. The van der Waals surface area contributed by atoms with Gasteiger partial charge in [0.2, 0.25) is 5.91 Å². The summed E-state index contributed by atoms with van der Waals surface area (Å²) in [5.41, 5.74) is 3.39. The number of nitrogens with zero attached hydrogens (tertiary/aromatic N) is 1. The molecule has 0 saturated carbocycles. The highest BCUT2D eigenvalue weighted by molar-refractivity contribution is 6.33. The molecule has 28 heavy (non-hydrogen) atoms. The average molecular weight is 401 g/mol. The third kappa shape index (κ3) is 4.51. The van der Waals surface area contributed by atoms with E-state index in [4.69, 9.17) is 16.3 Å². The molecule has 146 valence electrons. The molecule has 1 N–H and O–H groups in total. The molecule has 2 aromatic carbocycles. The zero-order chi connectivity index (χ0) is 20.3. The molecule has 0 spiro atoms. The number of hydrogen-bond acceptors (Lipinski definition) is 4. The van der Waals surface area contributed by atoms with Gasteiger partial charge in [-0.3, -0.25) is 14.4 Å². The van der Waals surface area contributed by atoms with Gasteiger partial charge in [-0.15, -0.1) is 0 Å². The van der Waals surface area contributed by atoms with E-state index in [1.165, 1.54) is 4.90 Å². The van der Waals surface area contributed by atoms with Crippen molar-refractivity contribution in [2.75, 3.05) is 23.4 Å². The van der Waals surface area contributed by atoms with Crippen molar-refractivity contribution in [2.45, 2.75) is 20.3 Å². The number of amides is 2. The van der Waals surface area contributed by atoms with E-state index < -0.39 is 24.4 Å². The van der Waals surface area contributed by atoms with Crippen LogP contribution in [0.5, 0.6) is 0 Å². The molecule has 1 fully saturated rings. The van der Waals surface area contributed by atoms with Gasteiger partial charge < -0.3 is 15.0 Å². The Hall–Kier alpha value is -2.86. The van der Waals surface area contributed by atoms with E-state index in [2.05, 4.69) is 5.32 Å². The van der Waals surface area contributed by atoms with Crippen LogP contribution >= 0.6 is 11.6 Å². The van der Waals surface area contributed by atoms with E-state index in [0.29, 0.717) is 16.4 Å². The first-order valence-corrected chi connectivity index (χ1v) is 9.31. The predicted molar refractivity (Wildman–Crippen MR) is 107 cm³/mol. The lowest BCUT2D eigenvalue weighted by atomic mass is 10.1. The quantitative estimate of drug-likeness (QED) is 0.779. The highest BCUT2D eigenvalue weighted by Gasteiger charge is 2.37. The number of nitrogens with one attached hydrogen (secondary N) is 1. The Bertz CT molecular complexity index is 928. The lowest BCUT2D eigenvalue weighted by molar-refractivity contribution is -0.151. The van der Waals surface area contributed by atoms with Crippen LogP contribution in [-0.2, 0) is 19.1 Å². The smallest absolute Gasteiger partial charge is 0.311 e. The van der Waals surface area contributed by atoms with Gasteiger partial charge in [-0.2, -0.15) is 0 Å². The summed E-state index contributed by atoms with van der Waals surface area (Å²) in [5, 5.41) is 3.14. The van der Waals surface area contributed by atoms with Crippen molar-refractivity contribution in [1.29, 1.82) is 0 Å². The monoisotopic (exact) mass is 400 g/mol. The average Bonchev–Trinajstić information content (AvgIpc) is 3.05. The second-order valence-corrected chi connectivity index (χ2v) is 7.22. The number of anilines is 2. The number of aryl methyl sites for hydroxylation is 2. The van der Waals surface area contributed by atoms with Crippen LogP contribution in [0, 0.1) is 19.8 Å². The van der Waals surface area contributed by atoms with Gasteiger partial charge in [0.05, 0.1) is 16.6 Å². The van der Waals surface area contributed by atoms with Crippen molar-refractivity contribution in [3.8, 4) is 0 Å². The standard InChI is InChI=1S/C21H21ClN2O4/c1-13-7-8-16(9-14(13)2)23-19(25)12-28-21(27)15-10-20(26)24(11-15)18-6-4-3-5-17(18)22/h3-9,15H,10-12H2,1-2H3,(H,23,25)/t15-/m1/s1. The molecule has 1 saturated heterocycles. The van der Waals surface area contributed by atoms with Gasteiger partial charge in [0.25, 0.3) is 5.91 Å². The molecule has 1 aliphatic heterocycles. The van der Waals surface area contributed by atoms with Gasteiger partial charge in [-0.25, -0.2) is 0 Å². The van der Waals surface area contributed by atoms with E-state index in [9.17, 15) is 14.4 Å². The Balaban J connectivity index is 1.54. The molecule has 0 bridgehead atoms. The highest BCUT2D eigenvalue weighted by Crippen LogP contribution is 2.31. The van der Waals surface area contributed by atoms with Gasteiger partial charge in [-0.05, 0) is 49.2 Å². The maximum absolute atomic E-state index is 12.3. The number of para-hydroxylation sites is 1. The van der Waals surface area contributed by atoms with Crippen LogP contribution in [0.4, 0.5) is 11.4 Å². The van der Waals surface area contributed by atoms with Crippen molar-refractivity contribution >= 4 is 40.8 Å². The largest absolute Gasteiger partial charge is 0.455 e. The van der Waals surface area contributed by atoms with Gasteiger partial charge in [0.1, 0.15) is 0 Å². The van der Waals surface area contributed by atoms with E-state index in [1.807, 2.05) is 26.0 Å². The van der Waals surface area contributed by atoms with Crippen molar-refractivity contribution in [2.24, 2.45) is 5.92 Å². The molecule has 2 amide bonds. The van der Waals surface area contributed by atoms with Crippen molar-refractivity contribution in [1.82, 2.24) is 0 Å². The lowest BCUT2D eigenvalue weighted by Crippen LogP contribution is -2.28. The summed E-state index contributed by atoms with van der Waals surface area (Å²) in [5.74, 6) is -1.82. The fraction of sp³-hybridized carbons (Fsp3) is 0.286. The normalized spacial score (nSPS) is 16.2. The number of carbonyl (C=O) groups is 3. The summed E-state index contributed by atoms with van der Waals surface area (Å²) < 4.78 is 5.11. The third-order valence-corrected chi connectivity index (χ3v) is 5.06. The van der Waals surface area contributed by atoms with Crippen LogP contribution in [-0.4, -0.2) is 30.9 Å². The summed E-state index contributed by atoms with van der Waals surface area (Å²) in [6.07, 6.45) is 0.0306. The fourth-order valence-corrected chi connectivity index (χ4v) is 3.28. The Morgan fingerprint density at radius 2 is 1.93 bits per heavy atom. The highest BCUT2D eigenvalue weighted by atomic mass is 35.5. The summed E-state index contributed by atoms with van der Waals surface area (Å²) in [6.45, 7) is 3.72. The third-order valence-electron chi connectivity index (χ3n) is 4.74. The SMILES string of the molecule is Cc1ccc(NC(=O)COC(=O)[C@@H]2CC(=O)N(c3ccccc3Cl)C2)cc1C. The van der Waals surface area contributed by atoms with Crippen LogP contribution in [0.25, 0.3) is 0 Å². The molecular weight excluding hydrogens is 380 g/mol. The molecule has 1 atom stereocenters. The number of halogens is 1. The van der Waals surface area contributed by atoms with Crippen LogP contribution < -0.4 is 10.2 Å². The minimum Gasteiger partial charge on any atom is -0.455 e. The van der Waals surface area contributed by atoms with Crippen molar-refractivity contribution in [3.63, 3.8) is 0 Å². The van der Waals surface area contributed by atoms with E-state index in [1.54, 1.807) is 30.3 Å². The summed E-state index contributed by atoms with van der Waals surface area (Å²) in [7, 11) is 0. The van der Waals surface area contributed by atoms with Gasteiger partial charge >= 0.3 is 5.97 Å². The van der Waals surface area contributed by atoms with E-state index in [0.717, 1.165) is 11.1 Å². The van der Waals surface area contributed by atoms with Crippen LogP contribution in [0.3, 0.4) is 0 Å². The second-order valence-electron chi connectivity index (χ2n) is 6.81. The molecule has 2 aromatic rings.